The molecule has 0 atom stereocenters. The van der Waals surface area contributed by atoms with Crippen LogP contribution in [0.5, 0.6) is 17.2 Å². The van der Waals surface area contributed by atoms with Crippen LogP contribution < -0.4 is 19.9 Å². The second-order valence-electron chi connectivity index (χ2n) is 3.76. The number of amides is 1. The summed E-state index contributed by atoms with van der Waals surface area (Å²) < 4.78 is 15.9. The Bertz CT molecular complexity index is 640. The summed E-state index contributed by atoms with van der Waals surface area (Å²) >= 11 is 0. The first-order chi connectivity index (χ1) is 9.13. The molecule has 2 N–H and O–H groups in total. The third-order valence-corrected chi connectivity index (χ3v) is 2.80. The lowest BCUT2D eigenvalue weighted by atomic mass is 10.1. The predicted octanol–water partition coefficient (Wildman–Crippen LogP) is 1.36. The van der Waals surface area contributed by atoms with Crippen molar-refractivity contribution in [3.63, 3.8) is 0 Å². The second-order valence-corrected chi connectivity index (χ2v) is 3.76. The Hall–Kier alpha value is -2.50. The van der Waals surface area contributed by atoms with E-state index in [0.29, 0.717) is 28.0 Å². The van der Waals surface area contributed by atoms with Gasteiger partial charge in [-0.2, -0.15) is 0 Å². The van der Waals surface area contributed by atoms with Crippen molar-refractivity contribution < 1.29 is 19.0 Å². The van der Waals surface area contributed by atoms with Gasteiger partial charge in [0.25, 0.3) is 5.91 Å². The van der Waals surface area contributed by atoms with Crippen LogP contribution in [0, 0.1) is 0 Å². The zero-order chi connectivity index (χ0) is 14.0. The molecule has 0 saturated heterocycles. The van der Waals surface area contributed by atoms with Crippen molar-refractivity contribution in [3.05, 3.63) is 24.0 Å². The first-order valence-electron chi connectivity index (χ1n) is 5.51. The first kappa shape index (κ1) is 12.9. The monoisotopic (exact) mass is 262 g/mol. The number of nitrogens with zero attached hydrogens (tertiary/aromatic N) is 1. The van der Waals surface area contributed by atoms with Crippen LogP contribution in [-0.4, -0.2) is 32.2 Å². The van der Waals surface area contributed by atoms with Crippen LogP contribution in [0.4, 0.5) is 0 Å². The fourth-order valence-corrected chi connectivity index (χ4v) is 1.99. The standard InChI is InChI=1S/C13H14N2O4/c1-17-9-6-8-7(11(18-2)12(9)19-3)4-5-15-10(8)13(14)16/h4-6H,1-3H3,(H2,14,16). The molecule has 1 heterocycles. The Kier molecular flexibility index (Phi) is 3.41. The van der Waals surface area contributed by atoms with E-state index < -0.39 is 5.91 Å². The maximum Gasteiger partial charge on any atom is 0.267 e. The number of methoxy groups -OCH3 is 3. The number of primary amides is 1. The Morgan fingerprint density at radius 1 is 1.11 bits per heavy atom. The van der Waals surface area contributed by atoms with E-state index in [9.17, 15) is 4.79 Å². The summed E-state index contributed by atoms with van der Waals surface area (Å²) in [5, 5.41) is 1.24. The van der Waals surface area contributed by atoms with E-state index in [2.05, 4.69) is 4.98 Å². The lowest BCUT2D eigenvalue weighted by Crippen LogP contribution is -2.13. The number of hydrogen-bond acceptors (Lipinski definition) is 5. The fraction of sp³-hybridized carbons (Fsp3) is 0.231. The maximum absolute atomic E-state index is 11.4. The number of rotatable bonds is 4. The summed E-state index contributed by atoms with van der Waals surface area (Å²) in [6.07, 6.45) is 1.50. The molecule has 1 aromatic carbocycles. The van der Waals surface area contributed by atoms with Gasteiger partial charge in [-0.15, -0.1) is 0 Å². The van der Waals surface area contributed by atoms with Crippen molar-refractivity contribution in [2.45, 2.75) is 0 Å². The molecule has 0 aliphatic carbocycles. The Morgan fingerprint density at radius 3 is 2.32 bits per heavy atom. The van der Waals surface area contributed by atoms with Gasteiger partial charge in [-0.05, 0) is 12.1 Å². The van der Waals surface area contributed by atoms with Gasteiger partial charge in [-0.3, -0.25) is 9.78 Å². The molecule has 0 aliphatic rings. The number of pyridine rings is 1. The van der Waals surface area contributed by atoms with Gasteiger partial charge in [-0.25, -0.2) is 0 Å². The first-order valence-corrected chi connectivity index (χ1v) is 5.51. The SMILES string of the molecule is COc1cc2c(C(N)=O)nccc2c(OC)c1OC. The number of ether oxygens (including phenoxy) is 3. The van der Waals surface area contributed by atoms with Crippen LogP contribution >= 0.6 is 0 Å². The van der Waals surface area contributed by atoms with E-state index in [1.165, 1.54) is 27.5 Å². The summed E-state index contributed by atoms with van der Waals surface area (Å²) in [4.78, 5) is 15.4. The average molecular weight is 262 g/mol. The molecule has 100 valence electrons. The Labute approximate surface area is 110 Å². The minimum atomic E-state index is -0.611. The summed E-state index contributed by atoms with van der Waals surface area (Å²) in [7, 11) is 4.53. The molecular weight excluding hydrogens is 248 g/mol. The minimum Gasteiger partial charge on any atom is -0.493 e. The highest BCUT2D eigenvalue weighted by Gasteiger charge is 2.19. The molecule has 0 radical (unpaired) electrons. The van der Waals surface area contributed by atoms with Gasteiger partial charge >= 0.3 is 0 Å². The third kappa shape index (κ3) is 2.01. The molecule has 6 heteroatoms. The second kappa shape index (κ2) is 5.01. The molecule has 6 nitrogen and oxygen atoms in total. The van der Waals surface area contributed by atoms with E-state index in [-0.39, 0.29) is 5.69 Å². The summed E-state index contributed by atoms with van der Waals surface area (Å²) in [6, 6.07) is 3.38. The molecule has 0 aliphatic heterocycles. The van der Waals surface area contributed by atoms with E-state index >= 15 is 0 Å². The number of benzene rings is 1. The van der Waals surface area contributed by atoms with Gasteiger partial charge in [0.2, 0.25) is 5.75 Å². The van der Waals surface area contributed by atoms with Gasteiger partial charge in [0, 0.05) is 17.0 Å². The van der Waals surface area contributed by atoms with E-state index in [0.717, 1.165) is 0 Å². The molecule has 0 unspecified atom stereocenters. The van der Waals surface area contributed by atoms with Crippen molar-refractivity contribution in [3.8, 4) is 17.2 Å². The van der Waals surface area contributed by atoms with Crippen LogP contribution in [-0.2, 0) is 0 Å². The highest BCUT2D eigenvalue weighted by molar-refractivity contribution is 6.07. The number of aromatic nitrogens is 1. The van der Waals surface area contributed by atoms with E-state index in [1.807, 2.05) is 0 Å². The van der Waals surface area contributed by atoms with Crippen LogP contribution in [0.25, 0.3) is 10.8 Å². The van der Waals surface area contributed by atoms with E-state index in [4.69, 9.17) is 19.9 Å². The Morgan fingerprint density at radius 2 is 1.79 bits per heavy atom. The van der Waals surface area contributed by atoms with Crippen LogP contribution in [0.1, 0.15) is 10.5 Å². The van der Waals surface area contributed by atoms with Gasteiger partial charge in [0.15, 0.2) is 11.5 Å². The highest BCUT2D eigenvalue weighted by Crippen LogP contribution is 2.43. The topological polar surface area (TPSA) is 83.7 Å². The zero-order valence-electron chi connectivity index (χ0n) is 10.9. The van der Waals surface area contributed by atoms with Crippen molar-refractivity contribution >= 4 is 16.7 Å². The molecule has 2 rings (SSSR count). The molecule has 2 aromatic rings. The van der Waals surface area contributed by atoms with Gasteiger partial charge < -0.3 is 19.9 Å². The number of hydrogen-bond donors (Lipinski definition) is 1. The van der Waals surface area contributed by atoms with Gasteiger partial charge in [-0.1, -0.05) is 0 Å². The molecule has 19 heavy (non-hydrogen) atoms. The zero-order valence-corrected chi connectivity index (χ0v) is 10.9. The summed E-state index contributed by atoms with van der Waals surface area (Å²) in [5.41, 5.74) is 5.48. The number of carbonyl (C=O) groups is 1. The minimum absolute atomic E-state index is 0.164. The van der Waals surface area contributed by atoms with Gasteiger partial charge in [0.05, 0.1) is 21.3 Å². The normalized spacial score (nSPS) is 10.3. The van der Waals surface area contributed by atoms with Crippen molar-refractivity contribution in [2.75, 3.05) is 21.3 Å². The molecule has 0 saturated carbocycles. The number of fused-ring (bicyclic) bond motifs is 1. The van der Waals surface area contributed by atoms with Crippen LogP contribution in [0.15, 0.2) is 18.3 Å². The lowest BCUT2D eigenvalue weighted by Gasteiger charge is -2.15. The predicted molar refractivity (Wildman–Crippen MR) is 69.9 cm³/mol. The van der Waals surface area contributed by atoms with Crippen molar-refractivity contribution in [1.82, 2.24) is 4.98 Å². The van der Waals surface area contributed by atoms with Crippen LogP contribution in [0.3, 0.4) is 0 Å². The molecule has 1 aromatic heterocycles. The van der Waals surface area contributed by atoms with Crippen LogP contribution in [0.2, 0.25) is 0 Å². The average Bonchev–Trinajstić information content (AvgIpc) is 2.43. The smallest absolute Gasteiger partial charge is 0.267 e. The maximum atomic E-state index is 11.4. The molecule has 0 fully saturated rings. The molecule has 0 bridgehead atoms. The van der Waals surface area contributed by atoms with Crippen molar-refractivity contribution in [2.24, 2.45) is 5.73 Å². The summed E-state index contributed by atoms with van der Waals surface area (Å²) in [6.45, 7) is 0. The fourth-order valence-electron chi connectivity index (χ4n) is 1.99. The lowest BCUT2D eigenvalue weighted by molar-refractivity contribution is 0.0997. The van der Waals surface area contributed by atoms with Gasteiger partial charge in [0.1, 0.15) is 5.69 Å². The molecular formula is C13H14N2O4. The quantitative estimate of drug-likeness (QED) is 0.899. The largest absolute Gasteiger partial charge is 0.493 e. The Balaban J connectivity index is 2.92. The highest BCUT2D eigenvalue weighted by atomic mass is 16.5. The number of carbonyl (C=O) groups excluding carboxylic acids is 1. The van der Waals surface area contributed by atoms with E-state index in [1.54, 1.807) is 12.1 Å². The summed E-state index contributed by atoms with van der Waals surface area (Å²) in [5.74, 6) is 0.767. The number of nitrogens with two attached hydrogens (primary N) is 1. The molecule has 1 amide bonds. The third-order valence-electron chi connectivity index (χ3n) is 2.80. The van der Waals surface area contributed by atoms with Crippen molar-refractivity contribution in [1.29, 1.82) is 0 Å². The molecule has 0 spiro atoms.